The van der Waals surface area contributed by atoms with Gasteiger partial charge in [-0.25, -0.2) is 0 Å². The van der Waals surface area contributed by atoms with Gasteiger partial charge in [-0.05, 0) is 36.4 Å². The number of aryl methyl sites for hydroxylation is 1. The zero-order valence-electron chi connectivity index (χ0n) is 11.0. The Bertz CT molecular complexity index is 711. The molecule has 0 aliphatic carbocycles. The van der Waals surface area contributed by atoms with E-state index in [1.165, 1.54) is 0 Å². The zero-order chi connectivity index (χ0) is 13.9. The molecule has 0 fully saturated rings. The van der Waals surface area contributed by atoms with Crippen LogP contribution in [0.25, 0.3) is 5.69 Å². The van der Waals surface area contributed by atoms with E-state index in [9.17, 15) is 4.79 Å². The van der Waals surface area contributed by atoms with E-state index in [4.69, 9.17) is 0 Å². The minimum Gasteiger partial charge on any atom is -0.324 e. The van der Waals surface area contributed by atoms with E-state index in [1.807, 2.05) is 48.3 Å². The van der Waals surface area contributed by atoms with Crippen LogP contribution in [0.2, 0.25) is 0 Å². The lowest BCUT2D eigenvalue weighted by Gasteiger charge is -2.05. The van der Waals surface area contributed by atoms with Crippen LogP contribution in [0.5, 0.6) is 0 Å². The molecule has 3 aromatic rings. The Morgan fingerprint density at radius 3 is 2.45 bits per heavy atom. The molecule has 0 aliphatic rings. The van der Waals surface area contributed by atoms with Crippen molar-refractivity contribution in [2.75, 3.05) is 5.32 Å². The van der Waals surface area contributed by atoms with Gasteiger partial charge in [0.2, 0.25) is 0 Å². The van der Waals surface area contributed by atoms with E-state index in [1.54, 1.807) is 29.2 Å². The van der Waals surface area contributed by atoms with E-state index in [2.05, 4.69) is 10.4 Å². The summed E-state index contributed by atoms with van der Waals surface area (Å²) in [6, 6.07) is 11.4. The molecule has 1 N–H and O–H groups in total. The molecule has 2 heterocycles. The van der Waals surface area contributed by atoms with Gasteiger partial charge in [0.15, 0.2) is 0 Å². The van der Waals surface area contributed by atoms with Gasteiger partial charge < -0.3 is 9.88 Å². The van der Waals surface area contributed by atoms with E-state index in [-0.39, 0.29) is 5.91 Å². The standard InChI is InChI=1S/C15H14N4O/c1-18-11-13(10-16-18)17-15(20)12-4-6-14(7-5-12)19-8-2-3-9-19/h2-11H,1H3,(H,17,20). The SMILES string of the molecule is Cn1cc(NC(=O)c2ccc(-n3cccc3)cc2)cn1. The van der Waals surface area contributed by atoms with E-state index >= 15 is 0 Å². The summed E-state index contributed by atoms with van der Waals surface area (Å²) in [5, 5.41) is 6.81. The molecule has 3 rings (SSSR count). The van der Waals surface area contributed by atoms with Gasteiger partial charge in [-0.1, -0.05) is 0 Å². The second kappa shape index (κ2) is 5.05. The van der Waals surface area contributed by atoms with Gasteiger partial charge in [0.05, 0.1) is 11.9 Å². The molecule has 0 spiro atoms. The highest BCUT2D eigenvalue weighted by molar-refractivity contribution is 6.04. The van der Waals surface area contributed by atoms with Crippen molar-refractivity contribution in [3.8, 4) is 5.69 Å². The lowest BCUT2D eigenvalue weighted by Crippen LogP contribution is -2.11. The molecule has 0 atom stereocenters. The summed E-state index contributed by atoms with van der Waals surface area (Å²) in [5.41, 5.74) is 2.32. The third kappa shape index (κ3) is 2.47. The molecule has 5 nitrogen and oxygen atoms in total. The second-order valence-electron chi connectivity index (χ2n) is 4.49. The normalized spacial score (nSPS) is 10.4. The third-order valence-electron chi connectivity index (χ3n) is 2.99. The lowest BCUT2D eigenvalue weighted by atomic mass is 10.2. The van der Waals surface area contributed by atoms with Gasteiger partial charge in [0.1, 0.15) is 0 Å². The maximum Gasteiger partial charge on any atom is 0.255 e. The molecule has 0 radical (unpaired) electrons. The fraction of sp³-hybridized carbons (Fsp3) is 0.0667. The molecule has 0 bridgehead atoms. The number of anilines is 1. The molecule has 1 aromatic carbocycles. The molecule has 0 saturated carbocycles. The number of rotatable bonds is 3. The van der Waals surface area contributed by atoms with Gasteiger partial charge in [0.25, 0.3) is 5.91 Å². The number of carbonyl (C=O) groups excluding carboxylic acids is 1. The first kappa shape index (κ1) is 12.2. The Labute approximate surface area is 116 Å². The van der Waals surface area contributed by atoms with Crippen molar-refractivity contribution in [1.82, 2.24) is 14.3 Å². The Hall–Kier alpha value is -2.82. The molecule has 0 unspecified atom stereocenters. The summed E-state index contributed by atoms with van der Waals surface area (Å²) >= 11 is 0. The van der Waals surface area contributed by atoms with E-state index < -0.39 is 0 Å². The first-order valence-corrected chi connectivity index (χ1v) is 6.26. The van der Waals surface area contributed by atoms with Gasteiger partial charge in [-0.15, -0.1) is 0 Å². The molecule has 20 heavy (non-hydrogen) atoms. The Morgan fingerprint density at radius 1 is 1.15 bits per heavy atom. The summed E-state index contributed by atoms with van der Waals surface area (Å²) in [4.78, 5) is 12.1. The highest BCUT2D eigenvalue weighted by atomic mass is 16.1. The number of benzene rings is 1. The zero-order valence-corrected chi connectivity index (χ0v) is 11.0. The smallest absolute Gasteiger partial charge is 0.255 e. The molecular weight excluding hydrogens is 252 g/mol. The molecule has 5 heteroatoms. The van der Waals surface area contributed by atoms with Crippen LogP contribution in [0.4, 0.5) is 5.69 Å². The predicted molar refractivity (Wildman–Crippen MR) is 76.9 cm³/mol. The van der Waals surface area contributed by atoms with Gasteiger partial charge in [0, 0.05) is 36.9 Å². The van der Waals surface area contributed by atoms with Crippen LogP contribution >= 0.6 is 0 Å². The quantitative estimate of drug-likeness (QED) is 0.791. The first-order valence-electron chi connectivity index (χ1n) is 6.26. The van der Waals surface area contributed by atoms with Gasteiger partial charge >= 0.3 is 0 Å². The fourth-order valence-electron chi connectivity index (χ4n) is 1.98. The third-order valence-corrected chi connectivity index (χ3v) is 2.99. The van der Waals surface area contributed by atoms with Crippen molar-refractivity contribution >= 4 is 11.6 Å². The number of aromatic nitrogens is 3. The number of carbonyl (C=O) groups is 1. The number of nitrogens with zero attached hydrogens (tertiary/aromatic N) is 3. The van der Waals surface area contributed by atoms with E-state index in [0.29, 0.717) is 11.3 Å². The predicted octanol–water partition coefficient (Wildman–Crippen LogP) is 2.46. The van der Waals surface area contributed by atoms with Crippen LogP contribution in [0, 0.1) is 0 Å². The molecule has 0 aliphatic heterocycles. The highest BCUT2D eigenvalue weighted by Crippen LogP contribution is 2.12. The van der Waals surface area contributed by atoms with E-state index in [0.717, 1.165) is 5.69 Å². The molecule has 1 amide bonds. The average molecular weight is 266 g/mol. The van der Waals surface area contributed by atoms with Crippen LogP contribution in [-0.4, -0.2) is 20.3 Å². The number of amides is 1. The molecule has 0 saturated heterocycles. The Morgan fingerprint density at radius 2 is 1.85 bits per heavy atom. The topological polar surface area (TPSA) is 51.9 Å². The average Bonchev–Trinajstić information content (AvgIpc) is 3.11. The number of nitrogens with one attached hydrogen (secondary N) is 1. The maximum absolute atomic E-state index is 12.1. The van der Waals surface area contributed by atoms with Gasteiger partial charge in [-0.3, -0.25) is 9.48 Å². The fourth-order valence-corrected chi connectivity index (χ4v) is 1.98. The Kier molecular flexibility index (Phi) is 3.09. The number of hydrogen-bond donors (Lipinski definition) is 1. The minimum atomic E-state index is -0.142. The largest absolute Gasteiger partial charge is 0.324 e. The van der Waals surface area contributed by atoms with Crippen LogP contribution in [0.15, 0.2) is 61.2 Å². The van der Waals surface area contributed by atoms with Crippen molar-refractivity contribution in [2.24, 2.45) is 7.05 Å². The maximum atomic E-state index is 12.1. The second-order valence-corrected chi connectivity index (χ2v) is 4.49. The van der Waals surface area contributed by atoms with Crippen molar-refractivity contribution in [3.63, 3.8) is 0 Å². The van der Waals surface area contributed by atoms with Crippen LogP contribution < -0.4 is 5.32 Å². The molecular formula is C15H14N4O. The van der Waals surface area contributed by atoms with Crippen molar-refractivity contribution in [1.29, 1.82) is 0 Å². The lowest BCUT2D eigenvalue weighted by molar-refractivity contribution is 0.102. The monoisotopic (exact) mass is 266 g/mol. The molecule has 100 valence electrons. The highest BCUT2D eigenvalue weighted by Gasteiger charge is 2.07. The van der Waals surface area contributed by atoms with Crippen LogP contribution in [0.3, 0.4) is 0 Å². The minimum absolute atomic E-state index is 0.142. The summed E-state index contributed by atoms with van der Waals surface area (Å²) < 4.78 is 3.63. The summed E-state index contributed by atoms with van der Waals surface area (Å²) in [6.07, 6.45) is 7.30. The van der Waals surface area contributed by atoms with Crippen molar-refractivity contribution in [3.05, 3.63) is 66.7 Å². The van der Waals surface area contributed by atoms with Gasteiger partial charge in [-0.2, -0.15) is 5.10 Å². The molecule has 2 aromatic heterocycles. The van der Waals surface area contributed by atoms with Crippen LogP contribution in [-0.2, 0) is 7.05 Å². The van der Waals surface area contributed by atoms with Crippen molar-refractivity contribution < 1.29 is 4.79 Å². The summed E-state index contributed by atoms with van der Waals surface area (Å²) in [6.45, 7) is 0. The first-order chi connectivity index (χ1) is 9.72. The van der Waals surface area contributed by atoms with Crippen molar-refractivity contribution in [2.45, 2.75) is 0 Å². The Balaban J connectivity index is 1.75. The summed E-state index contributed by atoms with van der Waals surface area (Å²) in [7, 11) is 1.81. The van der Waals surface area contributed by atoms with Crippen LogP contribution in [0.1, 0.15) is 10.4 Å². The number of hydrogen-bond acceptors (Lipinski definition) is 2. The summed E-state index contributed by atoms with van der Waals surface area (Å²) in [5.74, 6) is -0.142.